The molecular formula is C13H8Br2O2. The fourth-order valence-electron chi connectivity index (χ4n) is 1.48. The van der Waals surface area contributed by atoms with Gasteiger partial charge in [-0.3, -0.25) is 4.79 Å². The number of halogens is 2. The van der Waals surface area contributed by atoms with Crippen LogP contribution in [0.25, 0.3) is 0 Å². The predicted molar refractivity (Wildman–Crippen MR) is 73.4 cm³/mol. The highest BCUT2D eigenvalue weighted by atomic mass is 79.9. The van der Waals surface area contributed by atoms with E-state index in [4.69, 9.17) is 0 Å². The van der Waals surface area contributed by atoms with Crippen LogP contribution in [0.3, 0.4) is 0 Å². The molecule has 2 nitrogen and oxygen atoms in total. The lowest BCUT2D eigenvalue weighted by molar-refractivity contribution is 0.103. The van der Waals surface area contributed by atoms with Crippen LogP contribution < -0.4 is 0 Å². The first-order valence-corrected chi connectivity index (χ1v) is 6.46. The van der Waals surface area contributed by atoms with Crippen molar-refractivity contribution >= 4 is 37.6 Å². The zero-order valence-electron chi connectivity index (χ0n) is 8.65. The van der Waals surface area contributed by atoms with E-state index in [1.165, 1.54) is 0 Å². The zero-order chi connectivity index (χ0) is 12.4. The molecule has 0 radical (unpaired) electrons. The Hall–Kier alpha value is -1.13. The van der Waals surface area contributed by atoms with Gasteiger partial charge in [-0.15, -0.1) is 0 Å². The van der Waals surface area contributed by atoms with Gasteiger partial charge in [-0.05, 0) is 28.1 Å². The van der Waals surface area contributed by atoms with Gasteiger partial charge in [-0.25, -0.2) is 0 Å². The highest BCUT2D eigenvalue weighted by Crippen LogP contribution is 2.32. The Morgan fingerprint density at radius 1 is 1.06 bits per heavy atom. The normalized spacial score (nSPS) is 10.2. The summed E-state index contributed by atoms with van der Waals surface area (Å²) in [6.45, 7) is 0. The predicted octanol–water partition coefficient (Wildman–Crippen LogP) is 4.15. The fraction of sp³-hybridized carbons (Fsp3) is 0. The van der Waals surface area contributed by atoms with Gasteiger partial charge < -0.3 is 5.11 Å². The van der Waals surface area contributed by atoms with E-state index in [0.717, 1.165) is 4.47 Å². The summed E-state index contributed by atoms with van der Waals surface area (Å²) < 4.78 is 1.23. The minimum atomic E-state index is -0.204. The highest BCUT2D eigenvalue weighted by Gasteiger charge is 2.16. The average molecular weight is 356 g/mol. The first kappa shape index (κ1) is 12.3. The zero-order valence-corrected chi connectivity index (χ0v) is 11.8. The Balaban J connectivity index is 2.52. The molecule has 0 saturated heterocycles. The standard InChI is InChI=1S/C13H8Br2O2/c14-9-6-10(13(17)11(15)7-9)12(16)8-4-2-1-3-5-8/h1-7,17H. The number of ketones is 1. The van der Waals surface area contributed by atoms with E-state index in [1.807, 2.05) is 6.07 Å². The lowest BCUT2D eigenvalue weighted by atomic mass is 10.0. The van der Waals surface area contributed by atoms with Crippen LogP contribution in [0.15, 0.2) is 51.4 Å². The molecule has 0 aromatic heterocycles. The van der Waals surface area contributed by atoms with Crippen molar-refractivity contribution in [3.05, 3.63) is 62.5 Å². The Bertz CT molecular complexity index is 565. The second-order valence-corrected chi connectivity index (χ2v) is 5.25. The number of aromatic hydroxyl groups is 1. The minimum absolute atomic E-state index is 0.0398. The van der Waals surface area contributed by atoms with Crippen molar-refractivity contribution in [2.24, 2.45) is 0 Å². The van der Waals surface area contributed by atoms with Crippen LogP contribution in [0, 0.1) is 0 Å². The second-order valence-electron chi connectivity index (χ2n) is 3.48. The maximum Gasteiger partial charge on any atom is 0.196 e. The molecular weight excluding hydrogens is 348 g/mol. The molecule has 0 amide bonds. The first-order valence-electron chi connectivity index (χ1n) is 4.87. The maximum absolute atomic E-state index is 12.2. The van der Waals surface area contributed by atoms with Crippen molar-refractivity contribution < 1.29 is 9.90 Å². The van der Waals surface area contributed by atoms with Gasteiger partial charge in [0.25, 0.3) is 0 Å². The number of rotatable bonds is 2. The second kappa shape index (κ2) is 5.02. The number of hydrogen-bond acceptors (Lipinski definition) is 2. The average Bonchev–Trinajstić information content (AvgIpc) is 2.34. The summed E-state index contributed by atoms with van der Waals surface area (Å²) in [5.74, 6) is -0.243. The molecule has 0 aliphatic rings. The number of phenols is 1. The van der Waals surface area contributed by atoms with Gasteiger partial charge in [0.2, 0.25) is 0 Å². The molecule has 0 bridgehead atoms. The summed E-state index contributed by atoms with van der Waals surface area (Å²) in [6.07, 6.45) is 0. The third kappa shape index (κ3) is 2.58. The van der Waals surface area contributed by atoms with Crippen LogP contribution in [0.2, 0.25) is 0 Å². The van der Waals surface area contributed by atoms with Gasteiger partial charge in [0.05, 0.1) is 10.0 Å². The third-order valence-corrected chi connectivity index (χ3v) is 3.37. The van der Waals surface area contributed by atoms with Crippen molar-refractivity contribution in [2.75, 3.05) is 0 Å². The number of hydrogen-bond donors (Lipinski definition) is 1. The monoisotopic (exact) mass is 354 g/mol. The SMILES string of the molecule is O=C(c1ccccc1)c1cc(Br)cc(Br)c1O. The van der Waals surface area contributed by atoms with Crippen LogP contribution in [-0.2, 0) is 0 Å². The minimum Gasteiger partial charge on any atom is -0.506 e. The number of carbonyl (C=O) groups excluding carboxylic acids is 1. The van der Waals surface area contributed by atoms with E-state index in [2.05, 4.69) is 31.9 Å². The maximum atomic E-state index is 12.2. The molecule has 0 aliphatic heterocycles. The summed E-state index contributed by atoms with van der Waals surface area (Å²) in [4.78, 5) is 12.2. The molecule has 2 rings (SSSR count). The smallest absolute Gasteiger partial charge is 0.196 e. The van der Waals surface area contributed by atoms with Gasteiger partial charge in [-0.2, -0.15) is 0 Å². The lowest BCUT2D eigenvalue weighted by Crippen LogP contribution is -2.01. The molecule has 0 saturated carbocycles. The van der Waals surface area contributed by atoms with Gasteiger partial charge >= 0.3 is 0 Å². The van der Waals surface area contributed by atoms with E-state index >= 15 is 0 Å². The van der Waals surface area contributed by atoms with Gasteiger partial charge in [0.15, 0.2) is 5.78 Å². The van der Waals surface area contributed by atoms with Crippen molar-refractivity contribution in [1.82, 2.24) is 0 Å². The lowest BCUT2D eigenvalue weighted by Gasteiger charge is -2.06. The van der Waals surface area contributed by atoms with Crippen molar-refractivity contribution in [2.45, 2.75) is 0 Å². The van der Waals surface area contributed by atoms with Crippen LogP contribution in [0.5, 0.6) is 5.75 Å². The molecule has 2 aromatic rings. The van der Waals surface area contributed by atoms with E-state index in [-0.39, 0.29) is 17.1 Å². The largest absolute Gasteiger partial charge is 0.506 e. The fourth-order valence-corrected chi connectivity index (χ4v) is 2.71. The quantitative estimate of drug-likeness (QED) is 0.821. The molecule has 17 heavy (non-hydrogen) atoms. The Kier molecular flexibility index (Phi) is 3.64. The van der Waals surface area contributed by atoms with E-state index in [0.29, 0.717) is 10.0 Å². The summed E-state index contributed by atoms with van der Waals surface area (Å²) in [5, 5.41) is 9.87. The summed E-state index contributed by atoms with van der Waals surface area (Å²) >= 11 is 6.50. The van der Waals surface area contributed by atoms with Crippen molar-refractivity contribution in [3.63, 3.8) is 0 Å². The van der Waals surface area contributed by atoms with Gasteiger partial charge in [-0.1, -0.05) is 46.3 Å². The molecule has 0 aliphatic carbocycles. The molecule has 86 valence electrons. The molecule has 2 aromatic carbocycles. The van der Waals surface area contributed by atoms with Crippen molar-refractivity contribution in [3.8, 4) is 5.75 Å². The molecule has 0 spiro atoms. The van der Waals surface area contributed by atoms with Gasteiger partial charge in [0.1, 0.15) is 5.75 Å². The van der Waals surface area contributed by atoms with Crippen molar-refractivity contribution in [1.29, 1.82) is 0 Å². The topological polar surface area (TPSA) is 37.3 Å². The van der Waals surface area contributed by atoms with Crippen LogP contribution in [0.1, 0.15) is 15.9 Å². The Morgan fingerprint density at radius 2 is 1.71 bits per heavy atom. The third-order valence-electron chi connectivity index (χ3n) is 2.31. The summed E-state index contributed by atoms with van der Waals surface area (Å²) in [6, 6.07) is 12.2. The molecule has 1 N–H and O–H groups in total. The number of carbonyl (C=O) groups is 1. The van der Waals surface area contributed by atoms with Crippen LogP contribution >= 0.6 is 31.9 Å². The summed E-state index contributed by atoms with van der Waals surface area (Å²) in [7, 11) is 0. The molecule has 4 heteroatoms. The molecule has 0 heterocycles. The van der Waals surface area contributed by atoms with Crippen LogP contribution in [-0.4, -0.2) is 10.9 Å². The first-order chi connectivity index (χ1) is 8.09. The molecule has 0 fully saturated rings. The Morgan fingerprint density at radius 3 is 2.35 bits per heavy atom. The highest BCUT2D eigenvalue weighted by molar-refractivity contribution is 9.11. The number of benzene rings is 2. The van der Waals surface area contributed by atoms with E-state index in [1.54, 1.807) is 36.4 Å². The van der Waals surface area contributed by atoms with E-state index in [9.17, 15) is 9.90 Å². The van der Waals surface area contributed by atoms with E-state index < -0.39 is 0 Å². The molecule has 0 atom stereocenters. The number of phenolic OH excluding ortho intramolecular Hbond substituents is 1. The van der Waals surface area contributed by atoms with Gasteiger partial charge in [0, 0.05) is 10.0 Å². The van der Waals surface area contributed by atoms with Crippen LogP contribution in [0.4, 0.5) is 0 Å². The molecule has 0 unspecified atom stereocenters. The summed E-state index contributed by atoms with van der Waals surface area (Å²) in [5.41, 5.74) is 0.824. The Labute approximate surface area is 116 Å².